The summed E-state index contributed by atoms with van der Waals surface area (Å²) < 4.78 is 2.67. The minimum atomic E-state index is -0.190. The van der Waals surface area contributed by atoms with Crippen molar-refractivity contribution in [1.82, 2.24) is 25.1 Å². The van der Waals surface area contributed by atoms with Gasteiger partial charge in [0.2, 0.25) is 0 Å². The summed E-state index contributed by atoms with van der Waals surface area (Å²) in [6, 6.07) is 3.45. The minimum Gasteiger partial charge on any atom is -0.350 e. The number of nitrogens with one attached hydrogen (secondary N) is 1. The van der Waals surface area contributed by atoms with E-state index in [0.29, 0.717) is 18.7 Å². The lowest BCUT2D eigenvalue weighted by Crippen LogP contribution is -2.27. The fraction of sp³-hybridized carbons (Fsp3) is 0.273. The van der Waals surface area contributed by atoms with Gasteiger partial charge in [-0.1, -0.05) is 0 Å². The Morgan fingerprint density at radius 2 is 2.33 bits per heavy atom. The lowest BCUT2D eigenvalue weighted by molar-refractivity contribution is 0.0949. The normalized spacial score (nSPS) is 10.3. The first-order valence-corrected chi connectivity index (χ1v) is 6.19. The molecule has 0 aliphatic heterocycles. The van der Waals surface area contributed by atoms with Crippen LogP contribution >= 0.6 is 15.9 Å². The van der Waals surface area contributed by atoms with E-state index in [1.807, 2.05) is 11.6 Å². The van der Waals surface area contributed by atoms with E-state index in [-0.39, 0.29) is 5.91 Å². The van der Waals surface area contributed by atoms with Gasteiger partial charge in [0.15, 0.2) is 0 Å². The molecule has 0 spiro atoms. The van der Waals surface area contributed by atoms with Crippen molar-refractivity contribution < 1.29 is 4.79 Å². The molecule has 0 fully saturated rings. The van der Waals surface area contributed by atoms with Gasteiger partial charge in [0.1, 0.15) is 17.8 Å². The average molecular weight is 310 g/mol. The van der Waals surface area contributed by atoms with Gasteiger partial charge in [-0.25, -0.2) is 4.98 Å². The van der Waals surface area contributed by atoms with Crippen LogP contribution in [0.1, 0.15) is 16.3 Å². The highest BCUT2D eigenvalue weighted by atomic mass is 79.9. The standard InChI is InChI=1S/C11H12BrN5O/c1-17-7-15-16-10(17)4-5-13-11(18)9-3-2-8(12)6-14-9/h2-3,6-7H,4-5H2,1H3,(H,13,18). The molecule has 0 aromatic carbocycles. The molecule has 0 bridgehead atoms. The molecule has 2 heterocycles. The Morgan fingerprint density at radius 1 is 1.50 bits per heavy atom. The maximum Gasteiger partial charge on any atom is 0.269 e. The van der Waals surface area contributed by atoms with Crippen LogP contribution < -0.4 is 5.32 Å². The van der Waals surface area contributed by atoms with Gasteiger partial charge in [-0.05, 0) is 28.1 Å². The second-order valence-corrected chi connectivity index (χ2v) is 4.64. The van der Waals surface area contributed by atoms with Crippen LogP contribution in [0.3, 0.4) is 0 Å². The van der Waals surface area contributed by atoms with Crippen molar-refractivity contribution >= 4 is 21.8 Å². The fourth-order valence-corrected chi connectivity index (χ4v) is 1.66. The van der Waals surface area contributed by atoms with E-state index >= 15 is 0 Å². The zero-order valence-electron chi connectivity index (χ0n) is 9.80. The van der Waals surface area contributed by atoms with Crippen molar-refractivity contribution in [2.45, 2.75) is 6.42 Å². The first-order valence-electron chi connectivity index (χ1n) is 5.39. The molecule has 0 aliphatic rings. The van der Waals surface area contributed by atoms with Gasteiger partial charge in [0, 0.05) is 30.7 Å². The van der Waals surface area contributed by atoms with E-state index in [0.717, 1.165) is 10.3 Å². The Hall–Kier alpha value is -1.76. The van der Waals surface area contributed by atoms with Gasteiger partial charge in [0.05, 0.1) is 0 Å². The molecule has 1 N–H and O–H groups in total. The van der Waals surface area contributed by atoms with E-state index in [4.69, 9.17) is 0 Å². The number of halogens is 1. The van der Waals surface area contributed by atoms with E-state index in [9.17, 15) is 4.79 Å². The number of carbonyl (C=O) groups is 1. The molecule has 0 saturated carbocycles. The third-order valence-electron chi connectivity index (χ3n) is 2.40. The largest absolute Gasteiger partial charge is 0.350 e. The summed E-state index contributed by atoms with van der Waals surface area (Å²) in [5.74, 6) is 0.642. The van der Waals surface area contributed by atoms with Crippen molar-refractivity contribution in [1.29, 1.82) is 0 Å². The number of hydrogen-bond acceptors (Lipinski definition) is 4. The first kappa shape index (κ1) is 12.7. The molecule has 2 aromatic rings. The van der Waals surface area contributed by atoms with Gasteiger partial charge < -0.3 is 9.88 Å². The van der Waals surface area contributed by atoms with Gasteiger partial charge in [0.25, 0.3) is 5.91 Å². The molecule has 0 radical (unpaired) electrons. The predicted molar refractivity (Wildman–Crippen MR) is 69.0 cm³/mol. The highest BCUT2D eigenvalue weighted by molar-refractivity contribution is 9.10. The van der Waals surface area contributed by atoms with Crippen LogP contribution in [0, 0.1) is 0 Å². The molecular weight excluding hydrogens is 298 g/mol. The molecule has 0 atom stereocenters. The number of hydrogen-bond donors (Lipinski definition) is 1. The second kappa shape index (κ2) is 5.72. The van der Waals surface area contributed by atoms with Crippen LogP contribution in [0.4, 0.5) is 0 Å². The number of carbonyl (C=O) groups excluding carboxylic acids is 1. The van der Waals surface area contributed by atoms with Gasteiger partial charge >= 0.3 is 0 Å². The number of aryl methyl sites for hydroxylation is 1. The molecule has 18 heavy (non-hydrogen) atoms. The zero-order chi connectivity index (χ0) is 13.0. The summed E-state index contributed by atoms with van der Waals surface area (Å²) in [7, 11) is 1.87. The minimum absolute atomic E-state index is 0.190. The molecule has 2 rings (SSSR count). The van der Waals surface area contributed by atoms with Crippen molar-refractivity contribution in [3.63, 3.8) is 0 Å². The van der Waals surface area contributed by atoms with E-state index < -0.39 is 0 Å². The summed E-state index contributed by atoms with van der Waals surface area (Å²) >= 11 is 3.27. The van der Waals surface area contributed by atoms with E-state index in [1.54, 1.807) is 24.7 Å². The van der Waals surface area contributed by atoms with Crippen LogP contribution in [0.5, 0.6) is 0 Å². The van der Waals surface area contributed by atoms with E-state index in [2.05, 4.69) is 36.4 Å². The predicted octanol–water partition coefficient (Wildman–Crippen LogP) is 0.945. The van der Waals surface area contributed by atoms with Gasteiger partial charge in [-0.3, -0.25) is 4.79 Å². The first-order chi connectivity index (χ1) is 8.66. The highest BCUT2D eigenvalue weighted by Gasteiger charge is 2.07. The molecule has 0 saturated heterocycles. The Labute approximate surface area is 113 Å². The van der Waals surface area contributed by atoms with Crippen molar-refractivity contribution in [2.24, 2.45) is 7.05 Å². The average Bonchev–Trinajstić information content (AvgIpc) is 2.76. The third-order valence-corrected chi connectivity index (χ3v) is 2.87. The van der Waals surface area contributed by atoms with Crippen LogP contribution in [0.25, 0.3) is 0 Å². The van der Waals surface area contributed by atoms with Gasteiger partial charge in [-0.2, -0.15) is 0 Å². The number of aromatic nitrogens is 4. The summed E-state index contributed by atoms with van der Waals surface area (Å²) in [6.45, 7) is 0.503. The van der Waals surface area contributed by atoms with Crippen LogP contribution in [0.2, 0.25) is 0 Å². The Balaban J connectivity index is 1.85. The van der Waals surface area contributed by atoms with Crippen LogP contribution in [-0.2, 0) is 13.5 Å². The fourth-order valence-electron chi connectivity index (χ4n) is 1.42. The molecular formula is C11H12BrN5O. The highest BCUT2D eigenvalue weighted by Crippen LogP contribution is 2.07. The zero-order valence-corrected chi connectivity index (χ0v) is 11.4. The quantitative estimate of drug-likeness (QED) is 0.912. The van der Waals surface area contributed by atoms with Crippen LogP contribution in [0.15, 0.2) is 29.1 Å². The van der Waals surface area contributed by atoms with Crippen molar-refractivity contribution in [3.05, 3.63) is 40.6 Å². The molecule has 1 amide bonds. The van der Waals surface area contributed by atoms with E-state index in [1.165, 1.54) is 0 Å². The maximum absolute atomic E-state index is 11.7. The summed E-state index contributed by atoms with van der Waals surface area (Å²) in [6.07, 6.45) is 3.86. The number of rotatable bonds is 4. The molecule has 7 heteroatoms. The SMILES string of the molecule is Cn1cnnc1CCNC(=O)c1ccc(Br)cn1. The Bertz CT molecular complexity index is 537. The maximum atomic E-state index is 11.7. The smallest absolute Gasteiger partial charge is 0.269 e. The number of pyridine rings is 1. The summed E-state index contributed by atoms with van der Waals surface area (Å²) in [5.41, 5.74) is 0.399. The molecule has 6 nitrogen and oxygen atoms in total. The Kier molecular flexibility index (Phi) is 4.03. The molecule has 0 aliphatic carbocycles. The van der Waals surface area contributed by atoms with Gasteiger partial charge in [-0.15, -0.1) is 10.2 Å². The Morgan fingerprint density at radius 3 is 2.94 bits per heavy atom. The summed E-state index contributed by atoms with van der Waals surface area (Å²) in [4.78, 5) is 15.8. The van der Waals surface area contributed by atoms with Crippen molar-refractivity contribution in [2.75, 3.05) is 6.54 Å². The number of amides is 1. The second-order valence-electron chi connectivity index (χ2n) is 3.73. The number of nitrogens with zero attached hydrogens (tertiary/aromatic N) is 4. The monoisotopic (exact) mass is 309 g/mol. The van der Waals surface area contributed by atoms with Crippen molar-refractivity contribution in [3.8, 4) is 0 Å². The topological polar surface area (TPSA) is 72.7 Å². The molecule has 0 unspecified atom stereocenters. The third kappa shape index (κ3) is 3.13. The lowest BCUT2D eigenvalue weighted by atomic mass is 10.3. The summed E-state index contributed by atoms with van der Waals surface area (Å²) in [5, 5.41) is 10.5. The lowest BCUT2D eigenvalue weighted by Gasteiger charge is -2.04. The van der Waals surface area contributed by atoms with Crippen LogP contribution in [-0.4, -0.2) is 32.2 Å². The molecule has 94 valence electrons. The molecule has 2 aromatic heterocycles.